The summed E-state index contributed by atoms with van der Waals surface area (Å²) < 4.78 is 1.99. The van der Waals surface area contributed by atoms with Crippen molar-refractivity contribution in [2.75, 3.05) is 0 Å². The fourth-order valence-electron chi connectivity index (χ4n) is 2.83. The van der Waals surface area contributed by atoms with Crippen LogP contribution in [0.25, 0.3) is 5.69 Å². The zero-order valence-electron chi connectivity index (χ0n) is 13.6. The Morgan fingerprint density at radius 1 is 1.08 bits per heavy atom. The fraction of sp³-hybridized carbons (Fsp3) is 0.111. The molecule has 25 heavy (non-hydrogen) atoms. The van der Waals surface area contributed by atoms with Gasteiger partial charge in [-0.15, -0.1) is 10.2 Å². The second-order valence-corrected chi connectivity index (χ2v) is 5.35. The Hall–Kier alpha value is -3.32. The molecule has 0 saturated carbocycles. The van der Waals surface area contributed by atoms with E-state index in [2.05, 4.69) is 16.3 Å². The molecule has 2 aromatic carbocycles. The highest BCUT2D eigenvalue weighted by Gasteiger charge is 2.25. The van der Waals surface area contributed by atoms with Crippen molar-refractivity contribution in [3.63, 3.8) is 0 Å². The lowest BCUT2D eigenvalue weighted by molar-refractivity contribution is -0.122. The van der Waals surface area contributed by atoms with Crippen molar-refractivity contribution in [3.05, 3.63) is 77.4 Å². The molecule has 3 N–H and O–H groups in total. The minimum atomic E-state index is -0.538. The standard InChI is InChI=1S/C17H15N5.CH2O2/c1-11-20-21-17-16(18)19-15(12-7-3-2-4-8-12)13-9-5-6-10-14(13)22(11)17;2-1-3/h2-10,16H,18H2,1H3;1H,(H,2,3). The first kappa shape index (κ1) is 16.5. The van der Waals surface area contributed by atoms with Gasteiger partial charge in [0, 0.05) is 11.1 Å². The maximum Gasteiger partial charge on any atom is 0.290 e. The van der Waals surface area contributed by atoms with Gasteiger partial charge >= 0.3 is 0 Å². The van der Waals surface area contributed by atoms with Gasteiger partial charge in [0.2, 0.25) is 0 Å². The summed E-state index contributed by atoms with van der Waals surface area (Å²) >= 11 is 0. The molecule has 3 aromatic rings. The number of fused-ring (bicyclic) bond motifs is 3. The zero-order valence-corrected chi connectivity index (χ0v) is 13.6. The van der Waals surface area contributed by atoms with E-state index >= 15 is 0 Å². The van der Waals surface area contributed by atoms with Crippen LogP contribution >= 0.6 is 0 Å². The topological polar surface area (TPSA) is 106 Å². The van der Waals surface area contributed by atoms with E-state index in [0.717, 1.165) is 28.4 Å². The lowest BCUT2D eigenvalue weighted by atomic mass is 10.0. The summed E-state index contributed by atoms with van der Waals surface area (Å²) in [6.07, 6.45) is -0.538. The van der Waals surface area contributed by atoms with Crippen LogP contribution in [0.3, 0.4) is 0 Å². The normalized spacial score (nSPS) is 15.0. The summed E-state index contributed by atoms with van der Waals surface area (Å²) in [4.78, 5) is 13.1. The number of nitrogens with zero attached hydrogens (tertiary/aromatic N) is 4. The Bertz CT molecular complexity index is 918. The van der Waals surface area contributed by atoms with E-state index in [1.807, 2.05) is 60.0 Å². The summed E-state index contributed by atoms with van der Waals surface area (Å²) in [7, 11) is 0. The smallest absolute Gasteiger partial charge is 0.290 e. The Morgan fingerprint density at radius 2 is 1.72 bits per heavy atom. The van der Waals surface area contributed by atoms with Crippen LogP contribution in [0, 0.1) is 6.92 Å². The highest BCUT2D eigenvalue weighted by atomic mass is 16.3. The number of aliphatic imine (C=N–C) groups is 1. The van der Waals surface area contributed by atoms with Gasteiger partial charge in [-0.1, -0.05) is 48.5 Å². The average molecular weight is 335 g/mol. The van der Waals surface area contributed by atoms with Crippen molar-refractivity contribution in [2.45, 2.75) is 13.1 Å². The van der Waals surface area contributed by atoms with Crippen molar-refractivity contribution in [1.82, 2.24) is 14.8 Å². The summed E-state index contributed by atoms with van der Waals surface area (Å²) in [5.41, 5.74) is 10.2. The van der Waals surface area contributed by atoms with E-state index in [1.165, 1.54) is 0 Å². The number of benzene rings is 2. The number of hydrogen-bond acceptors (Lipinski definition) is 5. The molecule has 1 aliphatic heterocycles. The number of aromatic nitrogens is 3. The molecule has 0 fully saturated rings. The summed E-state index contributed by atoms with van der Waals surface area (Å²) in [5.74, 6) is 1.47. The summed E-state index contributed by atoms with van der Waals surface area (Å²) in [5, 5.41) is 15.2. The van der Waals surface area contributed by atoms with Crippen molar-refractivity contribution in [2.24, 2.45) is 10.7 Å². The fourth-order valence-corrected chi connectivity index (χ4v) is 2.83. The van der Waals surface area contributed by atoms with E-state index in [9.17, 15) is 0 Å². The van der Waals surface area contributed by atoms with Gasteiger partial charge in [0.15, 0.2) is 12.0 Å². The van der Waals surface area contributed by atoms with Crippen LogP contribution < -0.4 is 5.73 Å². The number of rotatable bonds is 1. The molecule has 1 atom stereocenters. The van der Waals surface area contributed by atoms with Gasteiger partial charge in [0.25, 0.3) is 6.47 Å². The van der Waals surface area contributed by atoms with Crippen molar-refractivity contribution >= 4 is 12.2 Å². The van der Waals surface area contributed by atoms with Gasteiger partial charge in [0.1, 0.15) is 5.82 Å². The van der Waals surface area contributed by atoms with Gasteiger partial charge in [-0.2, -0.15) is 0 Å². The van der Waals surface area contributed by atoms with Gasteiger partial charge in [-0.05, 0) is 13.0 Å². The number of nitrogens with two attached hydrogens (primary N) is 1. The molecular formula is C18H17N5O2. The van der Waals surface area contributed by atoms with E-state index < -0.39 is 6.17 Å². The average Bonchev–Trinajstić information content (AvgIpc) is 2.96. The third-order valence-corrected chi connectivity index (χ3v) is 3.83. The second-order valence-electron chi connectivity index (χ2n) is 5.35. The molecular weight excluding hydrogens is 318 g/mol. The molecule has 1 aromatic heterocycles. The van der Waals surface area contributed by atoms with E-state index in [1.54, 1.807) is 0 Å². The monoisotopic (exact) mass is 335 g/mol. The molecule has 0 spiro atoms. The molecule has 0 bridgehead atoms. The largest absolute Gasteiger partial charge is 0.483 e. The first-order chi connectivity index (χ1) is 12.2. The first-order valence-corrected chi connectivity index (χ1v) is 7.65. The Morgan fingerprint density at radius 3 is 2.44 bits per heavy atom. The molecule has 126 valence electrons. The van der Waals surface area contributed by atoms with E-state index in [4.69, 9.17) is 20.6 Å². The Balaban J connectivity index is 0.000000569. The summed E-state index contributed by atoms with van der Waals surface area (Å²) in [6, 6.07) is 18.2. The minimum absolute atomic E-state index is 0.250. The van der Waals surface area contributed by atoms with Crippen LogP contribution in [0.2, 0.25) is 0 Å². The van der Waals surface area contributed by atoms with Gasteiger partial charge in [0.05, 0.1) is 11.4 Å². The number of carboxylic acid groups (broad SMARTS) is 1. The number of hydrogen-bond donors (Lipinski definition) is 2. The van der Waals surface area contributed by atoms with Crippen LogP contribution in [-0.4, -0.2) is 32.1 Å². The van der Waals surface area contributed by atoms with Crippen molar-refractivity contribution in [1.29, 1.82) is 0 Å². The van der Waals surface area contributed by atoms with Crippen LogP contribution in [-0.2, 0) is 4.79 Å². The van der Waals surface area contributed by atoms with E-state index in [0.29, 0.717) is 5.82 Å². The lowest BCUT2D eigenvalue weighted by Gasteiger charge is -2.11. The predicted molar refractivity (Wildman–Crippen MR) is 93.8 cm³/mol. The third-order valence-electron chi connectivity index (χ3n) is 3.83. The van der Waals surface area contributed by atoms with Crippen LogP contribution in [0.4, 0.5) is 0 Å². The molecule has 4 rings (SSSR count). The minimum Gasteiger partial charge on any atom is -0.483 e. The van der Waals surface area contributed by atoms with Gasteiger partial charge in [-0.3, -0.25) is 14.4 Å². The Labute approximate surface area is 144 Å². The van der Waals surface area contributed by atoms with Gasteiger partial charge < -0.3 is 10.8 Å². The van der Waals surface area contributed by atoms with Crippen LogP contribution in [0.15, 0.2) is 59.6 Å². The first-order valence-electron chi connectivity index (χ1n) is 7.65. The van der Waals surface area contributed by atoms with Crippen molar-refractivity contribution in [3.8, 4) is 5.69 Å². The summed E-state index contributed by atoms with van der Waals surface area (Å²) in [6.45, 7) is 1.67. The molecule has 0 saturated heterocycles. The second kappa shape index (κ2) is 7.06. The predicted octanol–water partition coefficient (Wildman–Crippen LogP) is 2.08. The number of aryl methyl sites for hydroxylation is 1. The van der Waals surface area contributed by atoms with Crippen LogP contribution in [0.1, 0.15) is 28.9 Å². The molecule has 0 aliphatic carbocycles. The quantitative estimate of drug-likeness (QED) is 0.662. The zero-order chi connectivity index (χ0) is 17.8. The highest BCUT2D eigenvalue weighted by Crippen LogP contribution is 2.28. The third kappa shape index (κ3) is 3.05. The molecule has 1 unspecified atom stereocenters. The van der Waals surface area contributed by atoms with E-state index in [-0.39, 0.29) is 6.47 Å². The van der Waals surface area contributed by atoms with Crippen molar-refractivity contribution < 1.29 is 9.90 Å². The maximum absolute atomic E-state index is 8.36. The van der Waals surface area contributed by atoms with Gasteiger partial charge in [-0.25, -0.2) is 0 Å². The highest BCUT2D eigenvalue weighted by molar-refractivity contribution is 6.15. The lowest BCUT2D eigenvalue weighted by Crippen LogP contribution is -2.13. The maximum atomic E-state index is 8.36. The molecule has 1 aliphatic rings. The SMILES string of the molecule is Cc1nnc2n1-c1ccccc1C(c1ccccc1)=NC2N.O=CO. The molecule has 7 nitrogen and oxygen atoms in total. The molecule has 2 heterocycles. The molecule has 0 amide bonds. The van der Waals surface area contributed by atoms with Crippen LogP contribution in [0.5, 0.6) is 0 Å². The Kier molecular flexibility index (Phi) is 4.67. The number of para-hydroxylation sites is 1. The molecule has 7 heteroatoms. The molecule has 0 radical (unpaired) electrons. The number of carbonyl (C=O) groups is 1.